The summed E-state index contributed by atoms with van der Waals surface area (Å²) in [6, 6.07) is 4.06. The lowest BCUT2D eigenvalue weighted by molar-refractivity contribution is 0.0819. The van der Waals surface area contributed by atoms with Gasteiger partial charge in [0.05, 0.1) is 11.0 Å². The number of halogens is 2. The van der Waals surface area contributed by atoms with Gasteiger partial charge in [-0.05, 0) is 44.2 Å². The molecule has 0 saturated heterocycles. The van der Waals surface area contributed by atoms with Crippen LogP contribution < -0.4 is 9.47 Å². The Bertz CT molecular complexity index is 679. The van der Waals surface area contributed by atoms with Crippen molar-refractivity contribution in [1.82, 2.24) is 9.55 Å². The van der Waals surface area contributed by atoms with Crippen LogP contribution in [0.1, 0.15) is 37.7 Å². The van der Waals surface area contributed by atoms with E-state index in [2.05, 4.69) is 4.98 Å². The van der Waals surface area contributed by atoms with Gasteiger partial charge in [-0.15, -0.1) is 0 Å². The highest BCUT2D eigenvalue weighted by Crippen LogP contribution is 2.30. The third kappa shape index (κ3) is 3.57. The molecule has 0 spiro atoms. The summed E-state index contributed by atoms with van der Waals surface area (Å²) in [6.45, 7) is 1.29. The number of hydrogen-bond acceptors (Lipinski definition) is 3. The monoisotopic (exact) mass is 324 g/mol. The van der Waals surface area contributed by atoms with Crippen LogP contribution in [0, 0.1) is 6.92 Å². The van der Waals surface area contributed by atoms with Crippen molar-refractivity contribution in [2.24, 2.45) is 7.05 Å². The van der Waals surface area contributed by atoms with Crippen LogP contribution >= 0.6 is 0 Å². The number of imidazole rings is 1. The van der Waals surface area contributed by atoms with Gasteiger partial charge in [0, 0.05) is 13.1 Å². The summed E-state index contributed by atoms with van der Waals surface area (Å²) in [6.07, 6.45) is 3.51. The Hall–Kier alpha value is -1.85. The maximum absolute atomic E-state index is 12.3. The van der Waals surface area contributed by atoms with Gasteiger partial charge in [0.2, 0.25) is 0 Å². The largest absolute Gasteiger partial charge is 0.488 e. The van der Waals surface area contributed by atoms with E-state index in [4.69, 9.17) is 9.47 Å². The molecule has 1 aromatic heterocycles. The highest BCUT2D eigenvalue weighted by Gasteiger charge is 2.19. The minimum atomic E-state index is -2.48. The lowest BCUT2D eigenvalue weighted by Gasteiger charge is -2.22. The summed E-state index contributed by atoms with van der Waals surface area (Å²) in [5.74, 6) is 0.433. The van der Waals surface area contributed by atoms with Crippen LogP contribution in [0.15, 0.2) is 12.1 Å². The lowest BCUT2D eigenvalue weighted by atomic mass is 9.98. The smallest absolute Gasteiger partial charge is 0.297 e. The first-order valence-electron chi connectivity index (χ1n) is 8.09. The molecule has 0 atom stereocenters. The van der Waals surface area contributed by atoms with Crippen molar-refractivity contribution in [3.05, 3.63) is 17.7 Å². The van der Waals surface area contributed by atoms with Crippen molar-refractivity contribution >= 4 is 11.0 Å². The Balaban J connectivity index is 1.86. The lowest BCUT2D eigenvalue weighted by Crippen LogP contribution is -2.21. The van der Waals surface area contributed by atoms with Crippen molar-refractivity contribution in [3.63, 3.8) is 0 Å². The van der Waals surface area contributed by atoms with Crippen LogP contribution in [-0.2, 0) is 7.05 Å². The number of fused-ring (bicyclic) bond motifs is 1. The zero-order chi connectivity index (χ0) is 16.4. The minimum Gasteiger partial charge on any atom is -0.488 e. The van der Waals surface area contributed by atoms with E-state index < -0.39 is 13.0 Å². The minimum absolute atomic E-state index is 0.217. The van der Waals surface area contributed by atoms with Crippen LogP contribution in [0.3, 0.4) is 0 Å². The van der Waals surface area contributed by atoms with Gasteiger partial charge in [0.25, 0.3) is 12.4 Å². The molecule has 1 aromatic carbocycles. The second kappa shape index (κ2) is 6.72. The summed E-state index contributed by atoms with van der Waals surface area (Å²) in [7, 11) is 1.88. The predicted octanol–water partition coefficient (Wildman–Crippen LogP) is 4.24. The van der Waals surface area contributed by atoms with E-state index in [0.29, 0.717) is 11.8 Å². The molecular weight excluding hydrogens is 302 g/mol. The van der Waals surface area contributed by atoms with Crippen molar-refractivity contribution in [2.45, 2.75) is 51.6 Å². The average molecular weight is 324 g/mol. The molecular formula is C17H22F2N2O2. The molecule has 6 heteroatoms. The van der Waals surface area contributed by atoms with E-state index in [1.54, 1.807) is 12.1 Å². The zero-order valence-electron chi connectivity index (χ0n) is 13.5. The van der Waals surface area contributed by atoms with Gasteiger partial charge in [0.15, 0.2) is 0 Å². The van der Waals surface area contributed by atoms with Gasteiger partial charge in [-0.3, -0.25) is 4.57 Å². The molecule has 1 fully saturated rings. The Morgan fingerprint density at radius 1 is 1.26 bits per heavy atom. The third-order valence-corrected chi connectivity index (χ3v) is 4.31. The first-order chi connectivity index (χ1) is 11.0. The van der Waals surface area contributed by atoms with E-state index in [0.717, 1.165) is 29.4 Å². The van der Waals surface area contributed by atoms with Gasteiger partial charge in [0.1, 0.15) is 18.5 Å². The quantitative estimate of drug-likeness (QED) is 0.825. The van der Waals surface area contributed by atoms with Gasteiger partial charge in [-0.2, -0.15) is 4.98 Å². The molecule has 0 aliphatic heterocycles. The SMILES string of the molecule is Cc1cc(OCC(F)F)cc2c1nc(OC1CCCCC1)n2C. The topological polar surface area (TPSA) is 36.3 Å². The van der Waals surface area contributed by atoms with Gasteiger partial charge >= 0.3 is 0 Å². The van der Waals surface area contributed by atoms with Gasteiger partial charge in [-0.25, -0.2) is 8.78 Å². The second-order valence-corrected chi connectivity index (χ2v) is 6.14. The number of aryl methyl sites for hydroxylation is 2. The Labute approximate surface area is 134 Å². The van der Waals surface area contributed by atoms with Crippen molar-refractivity contribution in [3.8, 4) is 11.8 Å². The van der Waals surface area contributed by atoms with Crippen LogP contribution in [0.5, 0.6) is 11.8 Å². The van der Waals surface area contributed by atoms with E-state index in [1.165, 1.54) is 19.3 Å². The number of ether oxygens (including phenoxy) is 2. The molecule has 3 rings (SSSR count). The fourth-order valence-electron chi connectivity index (χ4n) is 3.08. The van der Waals surface area contributed by atoms with E-state index in [-0.39, 0.29) is 6.10 Å². The van der Waals surface area contributed by atoms with E-state index in [9.17, 15) is 8.78 Å². The first kappa shape index (κ1) is 16.0. The highest BCUT2D eigenvalue weighted by molar-refractivity contribution is 5.81. The number of benzene rings is 1. The molecule has 126 valence electrons. The van der Waals surface area contributed by atoms with Crippen molar-refractivity contribution in [1.29, 1.82) is 0 Å². The molecule has 0 N–H and O–H groups in total. The number of hydrogen-bond donors (Lipinski definition) is 0. The molecule has 23 heavy (non-hydrogen) atoms. The number of alkyl halides is 2. The van der Waals surface area contributed by atoms with Crippen LogP contribution in [0.25, 0.3) is 11.0 Å². The molecule has 1 heterocycles. The summed E-state index contributed by atoms with van der Waals surface area (Å²) in [5, 5.41) is 0. The fourth-order valence-corrected chi connectivity index (χ4v) is 3.08. The molecule has 0 bridgehead atoms. The van der Waals surface area contributed by atoms with Crippen LogP contribution in [0.2, 0.25) is 0 Å². The first-order valence-corrected chi connectivity index (χ1v) is 8.09. The van der Waals surface area contributed by atoms with E-state index in [1.807, 2.05) is 18.5 Å². The standard InChI is InChI=1S/C17H22F2N2O2/c1-11-8-13(22-10-15(18)19)9-14-16(11)20-17(21(14)2)23-12-6-4-3-5-7-12/h8-9,12,15H,3-7,10H2,1-2H3. The average Bonchev–Trinajstić information content (AvgIpc) is 2.84. The molecule has 4 nitrogen and oxygen atoms in total. The number of aromatic nitrogens is 2. The molecule has 0 unspecified atom stereocenters. The maximum atomic E-state index is 12.3. The van der Waals surface area contributed by atoms with Crippen LogP contribution in [-0.4, -0.2) is 28.7 Å². The summed E-state index contributed by atoms with van der Waals surface area (Å²) >= 11 is 0. The van der Waals surface area contributed by atoms with Gasteiger partial charge < -0.3 is 9.47 Å². The Morgan fingerprint density at radius 2 is 2.00 bits per heavy atom. The zero-order valence-corrected chi connectivity index (χ0v) is 13.5. The van der Waals surface area contributed by atoms with Crippen molar-refractivity contribution in [2.75, 3.05) is 6.61 Å². The van der Waals surface area contributed by atoms with Crippen molar-refractivity contribution < 1.29 is 18.3 Å². The second-order valence-electron chi connectivity index (χ2n) is 6.14. The molecule has 2 aromatic rings. The molecule has 0 radical (unpaired) electrons. The number of nitrogens with zero attached hydrogens (tertiary/aromatic N) is 2. The molecule has 1 aliphatic carbocycles. The van der Waals surface area contributed by atoms with Gasteiger partial charge in [-0.1, -0.05) is 6.42 Å². The molecule has 1 saturated carbocycles. The molecule has 0 amide bonds. The van der Waals surface area contributed by atoms with Crippen LogP contribution in [0.4, 0.5) is 8.78 Å². The predicted molar refractivity (Wildman–Crippen MR) is 84.5 cm³/mol. The van der Waals surface area contributed by atoms with E-state index >= 15 is 0 Å². The summed E-state index contributed by atoms with van der Waals surface area (Å²) in [4.78, 5) is 4.58. The number of rotatable bonds is 5. The Kier molecular flexibility index (Phi) is 4.68. The summed E-state index contributed by atoms with van der Waals surface area (Å²) in [5.41, 5.74) is 2.55. The highest BCUT2D eigenvalue weighted by atomic mass is 19.3. The maximum Gasteiger partial charge on any atom is 0.297 e. The Morgan fingerprint density at radius 3 is 2.70 bits per heavy atom. The normalized spacial score (nSPS) is 16.2. The fraction of sp³-hybridized carbons (Fsp3) is 0.588. The third-order valence-electron chi connectivity index (χ3n) is 4.31. The summed E-state index contributed by atoms with van der Waals surface area (Å²) < 4.78 is 37.7. The molecule has 1 aliphatic rings.